The van der Waals surface area contributed by atoms with Crippen LogP contribution in [0.1, 0.15) is 32.6 Å². The van der Waals surface area contributed by atoms with Gasteiger partial charge >= 0.3 is 0 Å². The molecule has 2 rings (SSSR count). The molecule has 0 saturated carbocycles. The Kier molecular flexibility index (Phi) is 12.1. The van der Waals surface area contributed by atoms with Crippen LogP contribution < -0.4 is 10.0 Å². The minimum Gasteiger partial charge on any atom is -0.381 e. The first-order valence-electron chi connectivity index (χ1n) is 9.66. The highest BCUT2D eigenvalue weighted by Gasteiger charge is 2.25. The summed E-state index contributed by atoms with van der Waals surface area (Å²) in [5.74, 6) is 1.29. The second-order valence-corrected chi connectivity index (χ2v) is 8.82. The van der Waals surface area contributed by atoms with Crippen molar-refractivity contribution in [1.82, 2.24) is 14.9 Å². The lowest BCUT2D eigenvalue weighted by molar-refractivity contribution is 0.0200. The summed E-state index contributed by atoms with van der Waals surface area (Å²) in [6, 6.07) is 0. The molecule has 8 nitrogen and oxygen atoms in total. The summed E-state index contributed by atoms with van der Waals surface area (Å²) in [6.45, 7) is 6.74. The van der Waals surface area contributed by atoms with Crippen LogP contribution in [0.2, 0.25) is 0 Å². The van der Waals surface area contributed by atoms with E-state index in [2.05, 4.69) is 19.9 Å². The summed E-state index contributed by atoms with van der Waals surface area (Å²) in [6.07, 6.45) is 4.16. The normalized spacial score (nSPS) is 23.9. The second kappa shape index (κ2) is 13.1. The van der Waals surface area contributed by atoms with Crippen LogP contribution in [0, 0.1) is 5.92 Å². The number of likely N-dealkylation sites (tertiary alicyclic amines) is 1. The van der Waals surface area contributed by atoms with E-state index in [1.54, 1.807) is 7.05 Å². The van der Waals surface area contributed by atoms with Crippen LogP contribution in [0.25, 0.3) is 0 Å². The molecule has 10 heteroatoms. The molecule has 2 heterocycles. The summed E-state index contributed by atoms with van der Waals surface area (Å²) in [5, 5.41) is 3.17. The van der Waals surface area contributed by atoms with Gasteiger partial charge in [0.25, 0.3) is 0 Å². The molecule has 160 valence electrons. The predicted molar refractivity (Wildman–Crippen MR) is 118 cm³/mol. The number of guanidine groups is 1. The summed E-state index contributed by atoms with van der Waals surface area (Å²) >= 11 is 0. The number of halogens is 1. The maximum absolute atomic E-state index is 12.2. The van der Waals surface area contributed by atoms with Crippen molar-refractivity contribution in [2.45, 2.75) is 38.7 Å². The molecule has 27 heavy (non-hydrogen) atoms. The summed E-state index contributed by atoms with van der Waals surface area (Å²) in [5.41, 5.74) is 0. The van der Waals surface area contributed by atoms with Gasteiger partial charge in [0.15, 0.2) is 5.96 Å². The number of ether oxygens (including phenoxy) is 2. The average Bonchev–Trinajstić information content (AvgIpc) is 3.11. The van der Waals surface area contributed by atoms with E-state index in [4.69, 9.17) is 9.47 Å². The number of hydrogen-bond acceptors (Lipinski definition) is 5. The SMILES string of the molecule is CCOCC1CCN(C(=NC)NCCS(=O)(=O)NCC2CCCCO2)C1.I. The fourth-order valence-corrected chi connectivity index (χ4v) is 4.29. The Balaban J connectivity index is 0.00000364. The Morgan fingerprint density at radius 2 is 2.15 bits per heavy atom. The first-order valence-corrected chi connectivity index (χ1v) is 11.3. The summed E-state index contributed by atoms with van der Waals surface area (Å²) in [4.78, 5) is 6.45. The fourth-order valence-electron chi connectivity index (χ4n) is 3.34. The van der Waals surface area contributed by atoms with Gasteiger partial charge in [0, 0.05) is 52.4 Å². The van der Waals surface area contributed by atoms with E-state index in [0.717, 1.165) is 64.6 Å². The van der Waals surface area contributed by atoms with Crippen LogP contribution in [0.4, 0.5) is 0 Å². The lowest BCUT2D eigenvalue weighted by Gasteiger charge is -2.23. The zero-order valence-corrected chi connectivity index (χ0v) is 19.6. The first kappa shape index (κ1) is 24.9. The fraction of sp³-hybridized carbons (Fsp3) is 0.941. The van der Waals surface area contributed by atoms with Gasteiger partial charge in [-0.05, 0) is 32.6 Å². The monoisotopic (exact) mass is 518 g/mol. The van der Waals surface area contributed by atoms with Gasteiger partial charge in [-0.1, -0.05) is 0 Å². The van der Waals surface area contributed by atoms with Crippen LogP contribution in [0.15, 0.2) is 4.99 Å². The van der Waals surface area contributed by atoms with Crippen LogP contribution in [0.5, 0.6) is 0 Å². The van der Waals surface area contributed by atoms with Gasteiger partial charge < -0.3 is 19.7 Å². The Morgan fingerprint density at radius 1 is 1.33 bits per heavy atom. The molecule has 2 saturated heterocycles. The maximum Gasteiger partial charge on any atom is 0.213 e. The van der Waals surface area contributed by atoms with Crippen molar-refractivity contribution in [3.05, 3.63) is 0 Å². The van der Waals surface area contributed by atoms with E-state index < -0.39 is 10.0 Å². The molecule has 2 aliphatic heterocycles. The number of nitrogens with zero attached hydrogens (tertiary/aromatic N) is 2. The largest absolute Gasteiger partial charge is 0.381 e. The maximum atomic E-state index is 12.2. The third-order valence-electron chi connectivity index (χ3n) is 4.81. The zero-order valence-electron chi connectivity index (χ0n) is 16.5. The third kappa shape index (κ3) is 9.25. The Hall–Kier alpha value is -0.170. The van der Waals surface area contributed by atoms with Gasteiger partial charge in [-0.15, -0.1) is 24.0 Å². The molecular weight excluding hydrogens is 483 g/mol. The van der Waals surface area contributed by atoms with E-state index in [-0.39, 0.29) is 35.8 Å². The zero-order chi connectivity index (χ0) is 18.8. The molecule has 2 N–H and O–H groups in total. The van der Waals surface area contributed by atoms with Gasteiger partial charge in [0.1, 0.15) is 0 Å². The van der Waals surface area contributed by atoms with E-state index >= 15 is 0 Å². The molecule has 0 spiro atoms. The highest BCUT2D eigenvalue weighted by atomic mass is 127. The Bertz CT molecular complexity index is 541. The van der Waals surface area contributed by atoms with Crippen LogP contribution in [-0.2, 0) is 19.5 Å². The van der Waals surface area contributed by atoms with Gasteiger partial charge in [-0.25, -0.2) is 13.1 Å². The van der Waals surface area contributed by atoms with Gasteiger partial charge in [0.2, 0.25) is 10.0 Å². The smallest absolute Gasteiger partial charge is 0.213 e. The van der Waals surface area contributed by atoms with Crippen molar-refractivity contribution in [1.29, 1.82) is 0 Å². The quantitative estimate of drug-likeness (QED) is 0.269. The van der Waals surface area contributed by atoms with Crippen molar-refractivity contribution in [2.24, 2.45) is 10.9 Å². The number of nitrogens with one attached hydrogen (secondary N) is 2. The minimum absolute atomic E-state index is 0. The standard InChI is InChI=1S/C17H34N4O4S.HI/c1-3-24-14-15-7-9-21(13-15)17(18-2)19-8-11-26(22,23)20-12-16-6-4-5-10-25-16;/h15-16,20H,3-14H2,1-2H3,(H,18,19);1H. The Labute approximate surface area is 180 Å². The highest BCUT2D eigenvalue weighted by molar-refractivity contribution is 14.0. The van der Waals surface area contributed by atoms with Gasteiger partial charge in [-0.2, -0.15) is 0 Å². The third-order valence-corrected chi connectivity index (χ3v) is 6.16. The molecule has 0 bridgehead atoms. The van der Waals surface area contributed by atoms with E-state index in [1.165, 1.54) is 0 Å². The molecule has 0 radical (unpaired) electrons. The molecule has 0 aromatic carbocycles. The summed E-state index contributed by atoms with van der Waals surface area (Å²) < 4.78 is 38.0. The van der Waals surface area contributed by atoms with Crippen molar-refractivity contribution in [3.63, 3.8) is 0 Å². The first-order chi connectivity index (χ1) is 12.5. The van der Waals surface area contributed by atoms with Crippen LogP contribution in [0.3, 0.4) is 0 Å². The molecule has 0 aliphatic carbocycles. The summed E-state index contributed by atoms with van der Waals surface area (Å²) in [7, 11) is -1.59. The highest BCUT2D eigenvalue weighted by Crippen LogP contribution is 2.16. The lowest BCUT2D eigenvalue weighted by Crippen LogP contribution is -2.44. The van der Waals surface area contributed by atoms with Crippen molar-refractivity contribution in [3.8, 4) is 0 Å². The molecule has 0 amide bonds. The molecule has 2 unspecified atom stereocenters. The molecule has 0 aromatic heterocycles. The number of aliphatic imine (C=N–C) groups is 1. The number of sulfonamides is 1. The van der Waals surface area contributed by atoms with Crippen LogP contribution >= 0.6 is 24.0 Å². The van der Waals surface area contributed by atoms with E-state index in [9.17, 15) is 8.42 Å². The van der Waals surface area contributed by atoms with Crippen molar-refractivity contribution < 1.29 is 17.9 Å². The van der Waals surface area contributed by atoms with Crippen LogP contribution in [-0.4, -0.2) is 84.2 Å². The molecule has 0 aromatic rings. The Morgan fingerprint density at radius 3 is 2.81 bits per heavy atom. The van der Waals surface area contributed by atoms with Crippen molar-refractivity contribution >= 4 is 40.0 Å². The molecule has 2 aliphatic rings. The molecule has 2 fully saturated rings. The van der Waals surface area contributed by atoms with Gasteiger partial charge in [-0.3, -0.25) is 4.99 Å². The van der Waals surface area contributed by atoms with Crippen molar-refractivity contribution in [2.75, 3.05) is 58.8 Å². The minimum atomic E-state index is -3.32. The van der Waals surface area contributed by atoms with E-state index in [1.807, 2.05) is 6.92 Å². The molecular formula is C17H35IN4O4S. The average molecular weight is 518 g/mol. The number of rotatable bonds is 9. The van der Waals surface area contributed by atoms with Gasteiger partial charge in [0.05, 0.1) is 18.5 Å². The lowest BCUT2D eigenvalue weighted by atomic mass is 10.1. The predicted octanol–water partition coefficient (Wildman–Crippen LogP) is 1.03. The molecule has 2 atom stereocenters. The topological polar surface area (TPSA) is 92.3 Å². The second-order valence-electron chi connectivity index (χ2n) is 6.89. The van der Waals surface area contributed by atoms with E-state index in [0.29, 0.717) is 19.0 Å². The number of hydrogen-bond donors (Lipinski definition) is 2.